The molecule has 0 atom stereocenters. The molecule has 0 fully saturated rings. The molecule has 2 N–H and O–H groups in total. The van der Waals surface area contributed by atoms with Crippen molar-refractivity contribution < 1.29 is 8.91 Å². The summed E-state index contributed by atoms with van der Waals surface area (Å²) in [6, 6.07) is 4.01. The molecule has 0 aliphatic heterocycles. The van der Waals surface area contributed by atoms with E-state index >= 15 is 0 Å². The third-order valence-corrected chi connectivity index (χ3v) is 4.23. The number of hydrogen-bond donors (Lipinski definition) is 1. The molecule has 1 aromatic carbocycles. The number of nitrogens with two attached hydrogens (primary N) is 1. The second kappa shape index (κ2) is 4.88. The predicted octanol–water partition coefficient (Wildman–Crippen LogP) is 4.15. The van der Waals surface area contributed by atoms with Gasteiger partial charge in [0.05, 0.1) is 10.7 Å². The van der Waals surface area contributed by atoms with Crippen molar-refractivity contribution in [2.24, 2.45) is 0 Å². The van der Waals surface area contributed by atoms with E-state index in [0.717, 1.165) is 10.4 Å². The molecule has 7 heteroatoms. The van der Waals surface area contributed by atoms with Crippen LogP contribution in [0.1, 0.15) is 5.56 Å². The maximum atomic E-state index is 13.0. The van der Waals surface area contributed by atoms with Crippen molar-refractivity contribution in [2.45, 2.75) is 6.92 Å². The Labute approximate surface area is 123 Å². The van der Waals surface area contributed by atoms with Gasteiger partial charge in [-0.1, -0.05) is 16.8 Å². The van der Waals surface area contributed by atoms with E-state index in [1.807, 2.05) is 12.3 Å². The van der Waals surface area contributed by atoms with E-state index in [1.165, 1.54) is 29.5 Å². The summed E-state index contributed by atoms with van der Waals surface area (Å²) >= 11 is 7.40. The first-order chi connectivity index (χ1) is 9.56. The summed E-state index contributed by atoms with van der Waals surface area (Å²) in [5.41, 5.74) is 8.03. The lowest BCUT2D eigenvalue weighted by Gasteiger charge is -1.97. The van der Waals surface area contributed by atoms with Crippen LogP contribution in [0.3, 0.4) is 0 Å². The first kappa shape index (κ1) is 13.1. The number of benzene rings is 1. The van der Waals surface area contributed by atoms with Crippen LogP contribution in [0.5, 0.6) is 0 Å². The predicted molar refractivity (Wildman–Crippen MR) is 77.2 cm³/mol. The molecule has 20 heavy (non-hydrogen) atoms. The van der Waals surface area contributed by atoms with Gasteiger partial charge in [-0.15, -0.1) is 11.3 Å². The highest BCUT2D eigenvalue weighted by atomic mass is 35.5. The molecule has 0 bridgehead atoms. The maximum absolute atomic E-state index is 13.0. The molecule has 3 aromatic rings. The van der Waals surface area contributed by atoms with Gasteiger partial charge in [-0.3, -0.25) is 0 Å². The molecule has 3 rings (SSSR count). The molecule has 0 unspecified atom stereocenters. The second-order valence-electron chi connectivity index (χ2n) is 4.21. The van der Waals surface area contributed by atoms with Gasteiger partial charge in [0.2, 0.25) is 5.82 Å². The van der Waals surface area contributed by atoms with Crippen LogP contribution in [-0.4, -0.2) is 10.1 Å². The average Bonchev–Trinajstić information content (AvgIpc) is 2.98. The zero-order valence-corrected chi connectivity index (χ0v) is 11.9. The van der Waals surface area contributed by atoms with E-state index in [1.54, 1.807) is 0 Å². The summed E-state index contributed by atoms with van der Waals surface area (Å²) in [5, 5.41) is 6.01. The van der Waals surface area contributed by atoms with Gasteiger partial charge in [-0.25, -0.2) is 4.39 Å². The number of aryl methyl sites for hydroxylation is 1. The minimum atomic E-state index is -0.416. The number of anilines is 1. The topological polar surface area (TPSA) is 64.9 Å². The molecular formula is C13H9ClFN3OS. The van der Waals surface area contributed by atoms with E-state index in [-0.39, 0.29) is 5.02 Å². The fraction of sp³-hybridized carbons (Fsp3) is 0.0769. The highest BCUT2D eigenvalue weighted by molar-refractivity contribution is 7.14. The molecule has 0 spiro atoms. The Balaban J connectivity index is 2.04. The summed E-state index contributed by atoms with van der Waals surface area (Å²) in [7, 11) is 0. The van der Waals surface area contributed by atoms with Crippen molar-refractivity contribution in [1.82, 2.24) is 10.1 Å². The Morgan fingerprint density at radius 3 is 2.85 bits per heavy atom. The van der Waals surface area contributed by atoms with Crippen molar-refractivity contribution >= 4 is 28.6 Å². The zero-order chi connectivity index (χ0) is 14.3. The average molecular weight is 310 g/mol. The van der Waals surface area contributed by atoms with Crippen LogP contribution in [0.25, 0.3) is 22.2 Å². The standard InChI is InChI=1S/C13H9ClFN3OS/c1-6-5-20-11(10(6)16)13-17-12(18-19-13)8-3-2-7(15)4-9(8)14/h2-5H,16H2,1H3. The minimum Gasteiger partial charge on any atom is -0.397 e. The normalized spacial score (nSPS) is 10.9. The third kappa shape index (κ3) is 2.17. The van der Waals surface area contributed by atoms with Crippen LogP contribution < -0.4 is 5.73 Å². The lowest BCUT2D eigenvalue weighted by atomic mass is 10.2. The smallest absolute Gasteiger partial charge is 0.270 e. The molecule has 0 aliphatic rings. The van der Waals surface area contributed by atoms with Gasteiger partial charge in [-0.05, 0) is 36.1 Å². The quantitative estimate of drug-likeness (QED) is 0.772. The summed E-state index contributed by atoms with van der Waals surface area (Å²) < 4.78 is 18.2. The molecule has 2 aromatic heterocycles. The number of nitrogens with zero attached hydrogens (tertiary/aromatic N) is 2. The molecule has 2 heterocycles. The number of aromatic nitrogens is 2. The van der Waals surface area contributed by atoms with Crippen molar-refractivity contribution in [3.05, 3.63) is 40.0 Å². The first-order valence-electron chi connectivity index (χ1n) is 5.69. The third-order valence-electron chi connectivity index (χ3n) is 2.82. The van der Waals surface area contributed by atoms with Crippen molar-refractivity contribution in [1.29, 1.82) is 0 Å². The number of thiophene rings is 1. The highest BCUT2D eigenvalue weighted by Gasteiger charge is 2.17. The molecule has 102 valence electrons. The Morgan fingerprint density at radius 2 is 2.20 bits per heavy atom. The molecule has 0 amide bonds. The summed E-state index contributed by atoms with van der Waals surface area (Å²) in [5.74, 6) is 0.215. The van der Waals surface area contributed by atoms with Crippen molar-refractivity contribution in [3.8, 4) is 22.2 Å². The molecular weight excluding hydrogens is 301 g/mol. The lowest BCUT2D eigenvalue weighted by Crippen LogP contribution is -1.87. The summed E-state index contributed by atoms with van der Waals surface area (Å²) in [6.45, 7) is 1.91. The SMILES string of the molecule is Cc1csc(-c2nc(-c3ccc(F)cc3Cl)no2)c1N. The molecule has 4 nitrogen and oxygen atoms in total. The van der Waals surface area contributed by atoms with Crippen molar-refractivity contribution in [2.75, 3.05) is 5.73 Å². The second-order valence-corrected chi connectivity index (χ2v) is 5.50. The summed E-state index contributed by atoms with van der Waals surface area (Å²) in [4.78, 5) is 4.98. The van der Waals surface area contributed by atoms with E-state index in [9.17, 15) is 4.39 Å². The number of halogens is 2. The number of rotatable bonds is 2. The molecule has 0 radical (unpaired) electrons. The van der Waals surface area contributed by atoms with E-state index in [0.29, 0.717) is 23.0 Å². The van der Waals surface area contributed by atoms with Gasteiger partial charge >= 0.3 is 0 Å². The largest absolute Gasteiger partial charge is 0.397 e. The lowest BCUT2D eigenvalue weighted by molar-refractivity contribution is 0.433. The van der Waals surface area contributed by atoms with E-state index in [4.69, 9.17) is 21.9 Å². The van der Waals surface area contributed by atoms with E-state index < -0.39 is 5.82 Å². The minimum absolute atomic E-state index is 0.229. The fourth-order valence-corrected chi connectivity index (χ4v) is 2.86. The Bertz CT molecular complexity index is 784. The Morgan fingerprint density at radius 1 is 1.40 bits per heavy atom. The molecule has 0 saturated carbocycles. The monoisotopic (exact) mass is 309 g/mol. The highest BCUT2D eigenvalue weighted by Crippen LogP contribution is 2.35. The number of nitrogen functional groups attached to an aromatic ring is 1. The van der Waals surface area contributed by atoms with E-state index in [2.05, 4.69) is 10.1 Å². The molecule has 0 saturated heterocycles. The first-order valence-corrected chi connectivity index (χ1v) is 6.95. The van der Waals surface area contributed by atoms with Crippen LogP contribution in [0.2, 0.25) is 5.02 Å². The van der Waals surface area contributed by atoms with Crippen LogP contribution >= 0.6 is 22.9 Å². The van der Waals surface area contributed by atoms with Crippen LogP contribution in [-0.2, 0) is 0 Å². The Hall–Kier alpha value is -1.92. The Kier molecular flexibility index (Phi) is 3.19. The van der Waals surface area contributed by atoms with Gasteiger partial charge < -0.3 is 10.3 Å². The fourth-order valence-electron chi connectivity index (χ4n) is 1.71. The van der Waals surface area contributed by atoms with Gasteiger partial charge in [-0.2, -0.15) is 4.98 Å². The van der Waals surface area contributed by atoms with Gasteiger partial charge in [0.25, 0.3) is 5.89 Å². The van der Waals surface area contributed by atoms with Gasteiger partial charge in [0, 0.05) is 5.56 Å². The van der Waals surface area contributed by atoms with Gasteiger partial charge in [0.15, 0.2) is 0 Å². The van der Waals surface area contributed by atoms with Gasteiger partial charge in [0.1, 0.15) is 10.7 Å². The van der Waals surface area contributed by atoms with Crippen LogP contribution in [0.15, 0.2) is 28.1 Å². The summed E-state index contributed by atoms with van der Waals surface area (Å²) in [6.07, 6.45) is 0. The van der Waals surface area contributed by atoms with Crippen LogP contribution in [0, 0.1) is 12.7 Å². The molecule has 0 aliphatic carbocycles. The maximum Gasteiger partial charge on any atom is 0.270 e. The zero-order valence-electron chi connectivity index (χ0n) is 10.4. The van der Waals surface area contributed by atoms with Crippen molar-refractivity contribution in [3.63, 3.8) is 0 Å². The van der Waals surface area contributed by atoms with Crippen LogP contribution in [0.4, 0.5) is 10.1 Å². The number of hydrogen-bond acceptors (Lipinski definition) is 5.